The molecule has 8 heteroatoms. The van der Waals surface area contributed by atoms with Crippen molar-refractivity contribution in [1.29, 1.82) is 0 Å². The van der Waals surface area contributed by atoms with Crippen LogP contribution >= 0.6 is 0 Å². The molecule has 4 aliphatic rings. The van der Waals surface area contributed by atoms with Crippen LogP contribution in [0.15, 0.2) is 48.6 Å². The Balaban J connectivity index is -0.0000000579. The first-order chi connectivity index (χ1) is 22.4. The Kier molecular flexibility index (Phi) is 63.6. The molecular formula is C43H88N2O6. The number of rotatable bonds is 1. The number of hydrogen-bond acceptors (Lipinski definition) is 6. The summed E-state index contributed by atoms with van der Waals surface area (Å²) in [6.07, 6.45) is 14.5. The van der Waals surface area contributed by atoms with Crippen molar-refractivity contribution in [1.82, 2.24) is 9.80 Å². The van der Waals surface area contributed by atoms with Gasteiger partial charge in [0.05, 0.1) is 0 Å². The lowest BCUT2D eigenvalue weighted by Gasteiger charge is -2.29. The van der Waals surface area contributed by atoms with E-state index in [9.17, 15) is 24.0 Å². The van der Waals surface area contributed by atoms with E-state index in [1.807, 2.05) is 107 Å². The zero-order chi connectivity index (χ0) is 39.5. The van der Waals surface area contributed by atoms with Crippen LogP contribution in [-0.2, 0) is 28.7 Å². The molecule has 4 rings (SSSR count). The van der Waals surface area contributed by atoms with Gasteiger partial charge in [0.1, 0.15) is 6.61 Å². The first-order valence-corrected chi connectivity index (χ1v) is 18.0. The van der Waals surface area contributed by atoms with Crippen LogP contribution in [-0.4, -0.2) is 64.0 Å². The van der Waals surface area contributed by atoms with E-state index in [-0.39, 0.29) is 51.8 Å². The largest absolute Gasteiger partial charge is 0.458 e. The van der Waals surface area contributed by atoms with E-state index in [2.05, 4.69) is 46.3 Å². The molecule has 0 atom stereocenters. The Hall–Kier alpha value is -3.29. The van der Waals surface area contributed by atoms with Gasteiger partial charge in [-0.25, -0.2) is 4.79 Å². The van der Waals surface area contributed by atoms with Gasteiger partial charge in [0.2, 0.25) is 5.91 Å². The van der Waals surface area contributed by atoms with Gasteiger partial charge in [-0.05, 0) is 65.0 Å². The van der Waals surface area contributed by atoms with Crippen LogP contribution in [0.4, 0.5) is 0 Å². The molecule has 0 unspecified atom stereocenters. The number of nitrogens with zero attached hydrogens (tertiary/aromatic N) is 2. The minimum Gasteiger partial charge on any atom is -0.458 e. The molecule has 8 nitrogen and oxygen atoms in total. The molecule has 1 aliphatic carbocycles. The fraction of sp³-hybridized carbons (Fsp3) is 0.698. The summed E-state index contributed by atoms with van der Waals surface area (Å²) in [6, 6.07) is 0.340. The normalized spacial score (nSPS) is 13.5. The molecule has 0 bridgehead atoms. The molecule has 0 N–H and O–H groups in total. The molecule has 0 radical (unpaired) electrons. The van der Waals surface area contributed by atoms with Crippen molar-refractivity contribution in [2.24, 2.45) is 11.8 Å². The zero-order valence-corrected chi connectivity index (χ0v) is 34.5. The highest BCUT2D eigenvalue weighted by atomic mass is 16.5. The van der Waals surface area contributed by atoms with Gasteiger partial charge in [-0.15, -0.1) is 0 Å². The zero-order valence-electron chi connectivity index (χ0n) is 34.5. The molecule has 0 aromatic heterocycles. The maximum absolute atomic E-state index is 11.0. The third-order valence-electron chi connectivity index (χ3n) is 4.39. The number of ether oxygens (including phenoxy) is 1. The monoisotopic (exact) mass is 729 g/mol. The lowest BCUT2D eigenvalue weighted by molar-refractivity contribution is -0.142. The Morgan fingerprint density at radius 2 is 0.961 bits per heavy atom. The number of esters is 1. The molecule has 3 amide bonds. The van der Waals surface area contributed by atoms with Crippen molar-refractivity contribution in [2.45, 2.75) is 178 Å². The van der Waals surface area contributed by atoms with E-state index >= 15 is 0 Å². The molecule has 0 saturated heterocycles. The van der Waals surface area contributed by atoms with Crippen molar-refractivity contribution >= 4 is 29.5 Å². The average molecular weight is 729 g/mol. The molecule has 51 heavy (non-hydrogen) atoms. The number of cyclic esters (lactones) is 1. The van der Waals surface area contributed by atoms with Crippen LogP contribution in [0.25, 0.3) is 0 Å². The Bertz CT molecular complexity index is 881. The van der Waals surface area contributed by atoms with E-state index in [0.29, 0.717) is 12.6 Å². The summed E-state index contributed by atoms with van der Waals surface area (Å²) >= 11 is 0. The summed E-state index contributed by atoms with van der Waals surface area (Å²) in [5, 5.41) is 0. The van der Waals surface area contributed by atoms with Crippen LogP contribution in [0.3, 0.4) is 0 Å². The fourth-order valence-corrected chi connectivity index (χ4v) is 2.83. The Morgan fingerprint density at radius 3 is 1.08 bits per heavy atom. The average Bonchev–Trinajstić information content (AvgIpc) is 3.84. The second kappa shape index (κ2) is 46.7. The molecule has 3 heterocycles. The van der Waals surface area contributed by atoms with Crippen LogP contribution in [0.1, 0.15) is 167 Å². The van der Waals surface area contributed by atoms with Crippen molar-refractivity contribution in [3.8, 4) is 0 Å². The smallest absolute Gasteiger partial charge is 0.330 e. The van der Waals surface area contributed by atoms with Crippen molar-refractivity contribution in [3.05, 3.63) is 48.6 Å². The van der Waals surface area contributed by atoms with Gasteiger partial charge in [-0.1, -0.05) is 131 Å². The number of carbonyl (C=O) groups excluding carboxylic acids is 5. The highest BCUT2D eigenvalue weighted by Gasteiger charge is 2.33. The highest BCUT2D eigenvalue weighted by Crippen LogP contribution is 2.18. The number of imide groups is 1. The highest BCUT2D eigenvalue weighted by molar-refractivity contribution is 6.13. The molecule has 306 valence electrons. The van der Waals surface area contributed by atoms with E-state index in [1.165, 1.54) is 23.1 Å². The molecular weight excluding hydrogens is 640 g/mol. The lowest BCUT2D eigenvalue weighted by Crippen LogP contribution is -2.45. The van der Waals surface area contributed by atoms with Crippen LogP contribution < -0.4 is 0 Å². The molecule has 3 aliphatic heterocycles. The molecule has 0 aromatic rings. The van der Waals surface area contributed by atoms with Crippen LogP contribution in [0.5, 0.6) is 0 Å². The van der Waals surface area contributed by atoms with E-state index in [1.54, 1.807) is 18.2 Å². The second-order valence-electron chi connectivity index (χ2n) is 11.9. The lowest BCUT2D eigenvalue weighted by atomic mass is 10.1. The number of hydrogen-bond donors (Lipinski definition) is 0. The Labute approximate surface area is 319 Å². The van der Waals surface area contributed by atoms with Gasteiger partial charge in [0.25, 0.3) is 11.8 Å². The summed E-state index contributed by atoms with van der Waals surface area (Å²) in [6.45, 7) is 39.8. The van der Waals surface area contributed by atoms with Crippen molar-refractivity contribution in [3.63, 3.8) is 0 Å². The van der Waals surface area contributed by atoms with Gasteiger partial charge in [-0.2, -0.15) is 0 Å². The summed E-state index contributed by atoms with van der Waals surface area (Å²) in [5.74, 6) is 1.42. The summed E-state index contributed by atoms with van der Waals surface area (Å²) in [7, 11) is 0. The van der Waals surface area contributed by atoms with Gasteiger partial charge in [0, 0.05) is 48.9 Å². The van der Waals surface area contributed by atoms with Crippen molar-refractivity contribution < 1.29 is 28.7 Å². The molecule has 0 aromatic carbocycles. The summed E-state index contributed by atoms with van der Waals surface area (Å²) in [4.78, 5) is 56.1. The molecule has 0 fully saturated rings. The quantitative estimate of drug-likeness (QED) is 0.197. The standard InChI is InChI=1S/C8H11NO2.C7H11NO.C5H6O.C4H4O2.2C4H10.4C2H6.3CH4/c1-8(2,3)9-6(10)4-5-7(9)11;1-6(2)8-5-3-4-7(8)9;6-5-3-1-2-4-5;5-4-2-1-3-6-4;2*1-4(2)3;4*1-2;;;/h4-5H,1-3H3;3-4,6H,5H2,1-2H3;1,3H,2,4H2;1-2H,3H2;2*4H,1-3H3;4*1-2H3;3*1H4. The maximum Gasteiger partial charge on any atom is 0.330 e. The third-order valence-corrected chi connectivity index (χ3v) is 4.39. The molecule has 0 spiro atoms. The van der Waals surface area contributed by atoms with Gasteiger partial charge in [-0.3, -0.25) is 24.1 Å². The van der Waals surface area contributed by atoms with E-state index < -0.39 is 5.54 Å². The third kappa shape index (κ3) is 48.9. The number of allylic oxidation sites excluding steroid dienone is 2. The van der Waals surface area contributed by atoms with Crippen LogP contribution in [0.2, 0.25) is 0 Å². The predicted octanol–water partition coefficient (Wildman–Crippen LogP) is 11.8. The SMILES string of the molecule is C.C.C.CC.CC.CC.CC.CC(C)(C)N1C(=O)C=CC1=O.CC(C)C.CC(C)C.CC(C)N1CC=CC1=O.O=C1C=CCC1.O=C1C=CCO1. The van der Waals surface area contributed by atoms with E-state index in [4.69, 9.17) is 0 Å². The number of carbonyl (C=O) groups is 5. The van der Waals surface area contributed by atoms with Crippen LogP contribution in [0, 0.1) is 11.8 Å². The first kappa shape index (κ1) is 69.5. The number of amides is 3. The van der Waals surface area contributed by atoms with E-state index in [0.717, 1.165) is 31.2 Å². The topological polar surface area (TPSA) is 101 Å². The first-order valence-electron chi connectivity index (χ1n) is 18.0. The van der Waals surface area contributed by atoms with Gasteiger partial charge in [0.15, 0.2) is 5.78 Å². The summed E-state index contributed by atoms with van der Waals surface area (Å²) in [5.41, 5.74) is -0.405. The van der Waals surface area contributed by atoms with Crippen molar-refractivity contribution in [2.75, 3.05) is 13.2 Å². The number of ketones is 1. The minimum absolute atomic E-state index is 0. The van der Waals surface area contributed by atoms with Gasteiger partial charge >= 0.3 is 5.97 Å². The van der Waals surface area contributed by atoms with Gasteiger partial charge < -0.3 is 9.64 Å². The minimum atomic E-state index is -0.405. The maximum atomic E-state index is 11.0. The molecule has 0 saturated carbocycles. The fourth-order valence-electron chi connectivity index (χ4n) is 2.83. The Morgan fingerprint density at radius 1 is 0.569 bits per heavy atom. The summed E-state index contributed by atoms with van der Waals surface area (Å²) < 4.78 is 4.40. The predicted molar refractivity (Wildman–Crippen MR) is 227 cm³/mol. The second-order valence-corrected chi connectivity index (χ2v) is 11.9.